The number of nitrogens with two attached hydrogens (primary N) is 1. The quantitative estimate of drug-likeness (QED) is 0.826. The number of primary amides is 1. The number of benzene rings is 2. The zero-order chi connectivity index (χ0) is 16.0. The highest BCUT2D eigenvalue weighted by atomic mass is 79.9. The fourth-order valence-corrected chi connectivity index (χ4v) is 2.51. The molecule has 0 fully saturated rings. The van der Waals surface area contributed by atoms with E-state index in [1.54, 1.807) is 0 Å². The second kappa shape index (κ2) is 7.42. The number of carbonyl (C=O) groups excluding carboxylic acids is 1. The lowest BCUT2D eigenvalue weighted by Gasteiger charge is -2.28. The van der Waals surface area contributed by atoms with Gasteiger partial charge in [-0.15, -0.1) is 0 Å². The number of aliphatic hydroxyl groups is 1. The highest BCUT2D eigenvalue weighted by Gasteiger charge is 2.30. The van der Waals surface area contributed by atoms with Crippen LogP contribution >= 0.6 is 15.9 Å². The molecule has 0 saturated heterocycles. The molecule has 116 valence electrons. The monoisotopic (exact) mass is 363 g/mol. The molecule has 1 amide bonds. The Morgan fingerprint density at radius 2 is 1.77 bits per heavy atom. The van der Waals surface area contributed by atoms with Crippen LogP contribution in [0.3, 0.4) is 0 Å². The van der Waals surface area contributed by atoms with Crippen LogP contribution in [-0.4, -0.2) is 17.8 Å². The van der Waals surface area contributed by atoms with E-state index < -0.39 is 11.7 Å². The van der Waals surface area contributed by atoms with Gasteiger partial charge in [-0.3, -0.25) is 0 Å². The van der Waals surface area contributed by atoms with Crippen LogP contribution in [0.15, 0.2) is 59.1 Å². The molecule has 0 unspecified atom stereocenters. The molecule has 0 spiro atoms. The smallest absolute Gasteiger partial charge is 0.404 e. The summed E-state index contributed by atoms with van der Waals surface area (Å²) in [7, 11) is 0. The molecule has 0 saturated carbocycles. The predicted molar refractivity (Wildman–Crippen MR) is 88.3 cm³/mol. The van der Waals surface area contributed by atoms with Crippen LogP contribution in [0.5, 0.6) is 0 Å². The Hall–Kier alpha value is -1.85. The molecule has 22 heavy (non-hydrogen) atoms. The molecule has 0 bridgehead atoms. The lowest BCUT2D eigenvalue weighted by molar-refractivity contribution is -0.0307. The van der Waals surface area contributed by atoms with Crippen molar-refractivity contribution in [2.75, 3.05) is 6.61 Å². The third-order valence-electron chi connectivity index (χ3n) is 3.50. The van der Waals surface area contributed by atoms with Crippen molar-refractivity contribution in [3.63, 3.8) is 0 Å². The Bertz CT molecular complexity index is 616. The zero-order valence-electron chi connectivity index (χ0n) is 12.0. The summed E-state index contributed by atoms with van der Waals surface area (Å²) in [6.45, 7) is -0.164. The second-order valence-corrected chi connectivity index (χ2v) is 6.05. The zero-order valence-corrected chi connectivity index (χ0v) is 13.6. The molecular formula is C17H18BrNO3. The summed E-state index contributed by atoms with van der Waals surface area (Å²) in [5.74, 6) is 0. The van der Waals surface area contributed by atoms with E-state index >= 15 is 0 Å². The van der Waals surface area contributed by atoms with Crippen molar-refractivity contribution in [2.24, 2.45) is 5.73 Å². The van der Waals surface area contributed by atoms with Crippen LogP contribution in [0.2, 0.25) is 0 Å². The van der Waals surface area contributed by atoms with E-state index in [0.717, 1.165) is 10.0 Å². The summed E-state index contributed by atoms with van der Waals surface area (Å²) < 4.78 is 5.86. The van der Waals surface area contributed by atoms with E-state index in [9.17, 15) is 9.90 Å². The molecule has 5 heteroatoms. The van der Waals surface area contributed by atoms with Crippen LogP contribution < -0.4 is 5.73 Å². The van der Waals surface area contributed by atoms with Crippen LogP contribution in [-0.2, 0) is 16.8 Å². The number of rotatable bonds is 6. The number of hydrogen-bond donors (Lipinski definition) is 2. The fourth-order valence-electron chi connectivity index (χ4n) is 2.24. The van der Waals surface area contributed by atoms with Crippen molar-refractivity contribution < 1.29 is 14.6 Å². The number of hydrogen-bond acceptors (Lipinski definition) is 3. The molecule has 2 aromatic rings. The highest BCUT2D eigenvalue weighted by Crippen LogP contribution is 2.27. The Kier molecular flexibility index (Phi) is 5.57. The van der Waals surface area contributed by atoms with Gasteiger partial charge in [0.1, 0.15) is 12.2 Å². The SMILES string of the molecule is NC(=O)OC[C@@](O)(CCc1ccc(Br)cc1)c1ccccc1. The average molecular weight is 364 g/mol. The Labute approximate surface area is 138 Å². The fraction of sp³-hybridized carbons (Fsp3) is 0.235. The van der Waals surface area contributed by atoms with Crippen molar-refractivity contribution in [2.45, 2.75) is 18.4 Å². The molecular weight excluding hydrogens is 346 g/mol. The van der Waals surface area contributed by atoms with Crippen molar-refractivity contribution in [1.82, 2.24) is 0 Å². The van der Waals surface area contributed by atoms with Crippen LogP contribution in [0.25, 0.3) is 0 Å². The van der Waals surface area contributed by atoms with Gasteiger partial charge in [-0.1, -0.05) is 58.4 Å². The van der Waals surface area contributed by atoms with Crippen molar-refractivity contribution in [1.29, 1.82) is 0 Å². The molecule has 3 N–H and O–H groups in total. The summed E-state index contributed by atoms with van der Waals surface area (Å²) in [4.78, 5) is 10.9. The van der Waals surface area contributed by atoms with Gasteiger partial charge in [-0.25, -0.2) is 4.79 Å². The molecule has 4 nitrogen and oxygen atoms in total. The molecule has 2 aromatic carbocycles. The lowest BCUT2D eigenvalue weighted by atomic mass is 9.88. The molecule has 1 atom stereocenters. The van der Waals surface area contributed by atoms with Gasteiger partial charge in [-0.05, 0) is 36.1 Å². The second-order valence-electron chi connectivity index (χ2n) is 5.13. The molecule has 0 aliphatic heterocycles. The first-order chi connectivity index (χ1) is 10.5. The predicted octanol–water partition coefficient (Wildman–Crippen LogP) is 3.36. The first-order valence-electron chi connectivity index (χ1n) is 6.94. The van der Waals surface area contributed by atoms with E-state index in [0.29, 0.717) is 18.4 Å². The van der Waals surface area contributed by atoms with Gasteiger partial charge >= 0.3 is 6.09 Å². The number of carbonyl (C=O) groups is 1. The number of amides is 1. The maximum Gasteiger partial charge on any atom is 0.404 e. The molecule has 0 aliphatic carbocycles. The van der Waals surface area contributed by atoms with Crippen molar-refractivity contribution in [3.8, 4) is 0 Å². The Balaban J connectivity index is 2.13. The number of halogens is 1. The van der Waals surface area contributed by atoms with Gasteiger partial charge in [-0.2, -0.15) is 0 Å². The van der Waals surface area contributed by atoms with Crippen molar-refractivity contribution >= 4 is 22.0 Å². The molecule has 0 aliphatic rings. The van der Waals surface area contributed by atoms with Gasteiger partial charge in [0.15, 0.2) is 0 Å². The first-order valence-corrected chi connectivity index (χ1v) is 7.73. The van der Waals surface area contributed by atoms with Gasteiger partial charge in [0.2, 0.25) is 0 Å². The minimum atomic E-state index is -1.26. The maximum absolute atomic E-state index is 10.9. The highest BCUT2D eigenvalue weighted by molar-refractivity contribution is 9.10. The molecule has 2 rings (SSSR count). The average Bonchev–Trinajstić information content (AvgIpc) is 2.53. The summed E-state index contributed by atoms with van der Waals surface area (Å²) in [6.07, 6.45) is 0.185. The van der Waals surface area contributed by atoms with Gasteiger partial charge < -0.3 is 15.6 Å². The summed E-state index contributed by atoms with van der Waals surface area (Å²) in [5, 5.41) is 10.9. The van der Waals surface area contributed by atoms with Crippen LogP contribution in [0.4, 0.5) is 4.79 Å². The number of ether oxygens (including phenoxy) is 1. The van der Waals surface area contributed by atoms with Crippen LogP contribution in [0.1, 0.15) is 17.5 Å². The van der Waals surface area contributed by atoms with Gasteiger partial charge in [0, 0.05) is 4.47 Å². The van der Waals surface area contributed by atoms with E-state index in [1.807, 2.05) is 54.6 Å². The minimum absolute atomic E-state index is 0.164. The lowest BCUT2D eigenvalue weighted by Crippen LogP contribution is -2.34. The topological polar surface area (TPSA) is 72.6 Å². The Morgan fingerprint density at radius 1 is 1.14 bits per heavy atom. The van der Waals surface area contributed by atoms with E-state index in [2.05, 4.69) is 15.9 Å². The van der Waals surface area contributed by atoms with Gasteiger partial charge in [0.05, 0.1) is 0 Å². The van der Waals surface area contributed by atoms with E-state index in [1.165, 1.54) is 0 Å². The summed E-state index contributed by atoms with van der Waals surface area (Å²) in [6, 6.07) is 17.1. The van der Waals surface area contributed by atoms with E-state index in [-0.39, 0.29) is 6.61 Å². The third-order valence-corrected chi connectivity index (χ3v) is 4.03. The van der Waals surface area contributed by atoms with Crippen LogP contribution in [0, 0.1) is 0 Å². The molecule has 0 radical (unpaired) electrons. The Morgan fingerprint density at radius 3 is 2.36 bits per heavy atom. The summed E-state index contributed by atoms with van der Waals surface area (Å²) in [5.41, 5.74) is 5.56. The first kappa shape index (κ1) is 16.5. The number of aryl methyl sites for hydroxylation is 1. The van der Waals surface area contributed by atoms with Crippen molar-refractivity contribution in [3.05, 3.63) is 70.2 Å². The van der Waals surface area contributed by atoms with Gasteiger partial charge in [0.25, 0.3) is 0 Å². The molecule has 0 heterocycles. The normalized spacial score (nSPS) is 13.4. The largest absolute Gasteiger partial charge is 0.446 e. The third kappa shape index (κ3) is 4.58. The standard InChI is InChI=1S/C17H18BrNO3/c18-15-8-6-13(7-9-15)10-11-17(21,12-22-16(19)20)14-4-2-1-3-5-14/h1-9,21H,10-12H2,(H2,19,20)/t17-/m0/s1. The maximum atomic E-state index is 10.9. The summed E-state index contributed by atoms with van der Waals surface area (Å²) >= 11 is 3.39. The van der Waals surface area contributed by atoms with E-state index in [4.69, 9.17) is 10.5 Å². The minimum Gasteiger partial charge on any atom is -0.446 e. The molecule has 0 aromatic heterocycles.